The van der Waals surface area contributed by atoms with Crippen LogP contribution < -0.4 is 16.6 Å². The Bertz CT molecular complexity index is 1310. The van der Waals surface area contributed by atoms with Crippen LogP contribution in [0.2, 0.25) is 0 Å². The molecule has 1 N–H and O–H groups in total. The van der Waals surface area contributed by atoms with Crippen LogP contribution in [-0.2, 0) is 23.9 Å². The molecule has 9 nitrogen and oxygen atoms in total. The fraction of sp³-hybridized carbons (Fsp3) is 0.176. The number of carbonyl (C=O) groups excluding carboxylic acids is 1. The first-order valence-corrected chi connectivity index (χ1v) is 9.66. The summed E-state index contributed by atoms with van der Waals surface area (Å²) in [5, 5.41) is 2.69. The van der Waals surface area contributed by atoms with Crippen molar-refractivity contribution in [3.05, 3.63) is 62.9 Å². The van der Waals surface area contributed by atoms with Gasteiger partial charge in [-0.05, 0) is 18.2 Å². The number of sulfone groups is 1. The lowest BCUT2D eigenvalue weighted by molar-refractivity contribution is 0.102. The topological polar surface area (TPSA) is 120 Å². The van der Waals surface area contributed by atoms with Crippen LogP contribution in [0.25, 0.3) is 11.0 Å². The first kappa shape index (κ1) is 18.5. The first-order chi connectivity index (χ1) is 12.6. The second-order valence-corrected chi connectivity index (χ2v) is 8.01. The van der Waals surface area contributed by atoms with Gasteiger partial charge in [-0.1, -0.05) is 12.1 Å². The summed E-state index contributed by atoms with van der Waals surface area (Å²) in [4.78, 5) is 40.8. The van der Waals surface area contributed by atoms with E-state index in [2.05, 4.69) is 10.3 Å². The fourth-order valence-corrected chi connectivity index (χ4v) is 3.60. The summed E-state index contributed by atoms with van der Waals surface area (Å²) in [5.41, 5.74) is -0.704. The van der Waals surface area contributed by atoms with E-state index in [9.17, 15) is 22.8 Å². The standard InChI is InChI=1S/C17H16N4O5S/c1-20-14-12(16(23)21(2)17(20)24)8-10(9-18-14)19-15(22)11-6-4-5-7-13(11)27(3,25)26/h4-9H,1-3H3,(H,19,22). The molecule has 10 heteroatoms. The van der Waals surface area contributed by atoms with Gasteiger partial charge < -0.3 is 5.32 Å². The maximum atomic E-state index is 12.5. The number of carbonyl (C=O) groups is 1. The van der Waals surface area contributed by atoms with Crippen molar-refractivity contribution < 1.29 is 13.2 Å². The number of amides is 1. The monoisotopic (exact) mass is 388 g/mol. The molecule has 27 heavy (non-hydrogen) atoms. The SMILES string of the molecule is Cn1c(=O)c2cc(NC(=O)c3ccccc3S(C)(=O)=O)cnc2n(C)c1=O. The molecule has 1 aromatic carbocycles. The lowest BCUT2D eigenvalue weighted by Gasteiger charge is -2.10. The normalized spacial score (nSPS) is 11.5. The van der Waals surface area contributed by atoms with Gasteiger partial charge in [-0.2, -0.15) is 0 Å². The van der Waals surface area contributed by atoms with Crippen LogP contribution >= 0.6 is 0 Å². The number of hydrogen-bond acceptors (Lipinski definition) is 6. The highest BCUT2D eigenvalue weighted by molar-refractivity contribution is 7.90. The zero-order valence-corrected chi connectivity index (χ0v) is 15.6. The van der Waals surface area contributed by atoms with Crippen molar-refractivity contribution in [3.8, 4) is 0 Å². The summed E-state index contributed by atoms with van der Waals surface area (Å²) in [6.07, 6.45) is 2.31. The zero-order chi connectivity index (χ0) is 19.9. The second-order valence-electron chi connectivity index (χ2n) is 6.02. The molecule has 0 saturated carbocycles. The van der Waals surface area contributed by atoms with Crippen molar-refractivity contribution >= 4 is 32.5 Å². The van der Waals surface area contributed by atoms with Gasteiger partial charge in [0.1, 0.15) is 5.65 Å². The van der Waals surface area contributed by atoms with Crippen LogP contribution in [0, 0.1) is 0 Å². The highest BCUT2D eigenvalue weighted by Crippen LogP contribution is 2.18. The summed E-state index contributed by atoms with van der Waals surface area (Å²) in [6, 6.07) is 7.20. The Balaban J connectivity index is 2.08. The summed E-state index contributed by atoms with van der Waals surface area (Å²) in [5.74, 6) is -0.654. The molecule has 0 radical (unpaired) electrons. The molecule has 0 aliphatic carbocycles. The predicted octanol–water partition coefficient (Wildman–Crippen LogP) is 0.288. The van der Waals surface area contributed by atoms with Gasteiger partial charge in [0.25, 0.3) is 11.5 Å². The summed E-state index contributed by atoms with van der Waals surface area (Å²) < 4.78 is 25.9. The number of nitrogens with zero attached hydrogens (tertiary/aromatic N) is 3. The van der Waals surface area contributed by atoms with Gasteiger partial charge >= 0.3 is 5.69 Å². The molecular weight excluding hydrogens is 372 g/mol. The van der Waals surface area contributed by atoms with Gasteiger partial charge in [-0.3, -0.25) is 18.7 Å². The number of aryl methyl sites for hydroxylation is 1. The van der Waals surface area contributed by atoms with E-state index in [1.54, 1.807) is 6.07 Å². The highest BCUT2D eigenvalue weighted by atomic mass is 32.2. The number of fused-ring (bicyclic) bond motifs is 1. The number of pyridine rings is 1. The molecule has 0 bridgehead atoms. The van der Waals surface area contributed by atoms with Gasteiger partial charge in [-0.15, -0.1) is 0 Å². The predicted molar refractivity (Wildman–Crippen MR) is 99.7 cm³/mol. The minimum atomic E-state index is -3.60. The van der Waals surface area contributed by atoms with Crippen molar-refractivity contribution in [2.24, 2.45) is 14.1 Å². The van der Waals surface area contributed by atoms with E-state index in [4.69, 9.17) is 0 Å². The molecular formula is C17H16N4O5S. The maximum absolute atomic E-state index is 12.5. The third-order valence-corrected chi connectivity index (χ3v) is 5.24. The van der Waals surface area contributed by atoms with Crippen LogP contribution in [0.5, 0.6) is 0 Å². The zero-order valence-electron chi connectivity index (χ0n) is 14.8. The molecule has 3 aromatic rings. The first-order valence-electron chi connectivity index (χ1n) is 7.77. The number of hydrogen-bond donors (Lipinski definition) is 1. The van der Waals surface area contributed by atoms with Crippen molar-refractivity contribution in [2.45, 2.75) is 4.90 Å². The molecule has 0 spiro atoms. The van der Waals surface area contributed by atoms with E-state index < -0.39 is 27.0 Å². The van der Waals surface area contributed by atoms with Gasteiger partial charge in [0.05, 0.1) is 27.7 Å². The number of rotatable bonds is 3. The average molecular weight is 388 g/mol. The molecule has 2 aromatic heterocycles. The Labute approximate surface area is 153 Å². The number of anilines is 1. The summed E-state index contributed by atoms with van der Waals surface area (Å²) in [7, 11) is -0.767. The molecule has 0 saturated heterocycles. The van der Waals surface area contributed by atoms with Crippen LogP contribution in [-0.4, -0.2) is 34.7 Å². The Kier molecular flexibility index (Phi) is 4.44. The maximum Gasteiger partial charge on any atom is 0.332 e. The van der Waals surface area contributed by atoms with Crippen molar-refractivity contribution in [2.75, 3.05) is 11.6 Å². The largest absolute Gasteiger partial charge is 0.332 e. The molecule has 140 valence electrons. The van der Waals surface area contributed by atoms with E-state index in [1.807, 2.05) is 0 Å². The Hall–Kier alpha value is -3.27. The molecule has 0 aliphatic heterocycles. The molecule has 2 heterocycles. The van der Waals surface area contributed by atoms with Gasteiger partial charge in [0, 0.05) is 20.4 Å². The molecule has 1 amide bonds. The van der Waals surface area contributed by atoms with E-state index in [1.165, 1.54) is 49.1 Å². The molecule has 3 rings (SSSR count). The van der Waals surface area contributed by atoms with Gasteiger partial charge in [-0.25, -0.2) is 18.2 Å². The van der Waals surface area contributed by atoms with E-state index in [-0.39, 0.29) is 27.2 Å². The van der Waals surface area contributed by atoms with Crippen LogP contribution in [0.3, 0.4) is 0 Å². The lowest BCUT2D eigenvalue weighted by atomic mass is 10.2. The third kappa shape index (κ3) is 3.26. The molecule has 0 fully saturated rings. The minimum Gasteiger partial charge on any atom is -0.321 e. The van der Waals surface area contributed by atoms with Crippen LogP contribution in [0.1, 0.15) is 10.4 Å². The van der Waals surface area contributed by atoms with Crippen molar-refractivity contribution in [1.29, 1.82) is 0 Å². The van der Waals surface area contributed by atoms with Gasteiger partial charge in [0.15, 0.2) is 9.84 Å². The molecule has 0 unspecified atom stereocenters. The smallest absolute Gasteiger partial charge is 0.321 e. The Morgan fingerprint density at radius 3 is 2.44 bits per heavy atom. The minimum absolute atomic E-state index is 0.0199. The summed E-state index contributed by atoms with van der Waals surface area (Å²) in [6.45, 7) is 0. The Morgan fingerprint density at radius 2 is 1.78 bits per heavy atom. The molecule has 0 atom stereocenters. The number of nitrogens with one attached hydrogen (secondary N) is 1. The van der Waals surface area contributed by atoms with Crippen molar-refractivity contribution in [1.82, 2.24) is 14.1 Å². The van der Waals surface area contributed by atoms with E-state index >= 15 is 0 Å². The fourth-order valence-electron chi connectivity index (χ4n) is 2.71. The average Bonchev–Trinajstić information content (AvgIpc) is 2.64. The molecule has 0 aliphatic rings. The number of benzene rings is 1. The number of aromatic nitrogens is 3. The lowest BCUT2D eigenvalue weighted by Crippen LogP contribution is -2.37. The summed E-state index contributed by atoms with van der Waals surface area (Å²) >= 11 is 0. The van der Waals surface area contributed by atoms with Crippen LogP contribution in [0.15, 0.2) is 51.0 Å². The third-order valence-electron chi connectivity index (χ3n) is 4.08. The van der Waals surface area contributed by atoms with Crippen LogP contribution in [0.4, 0.5) is 5.69 Å². The quantitative estimate of drug-likeness (QED) is 0.688. The van der Waals surface area contributed by atoms with E-state index in [0.717, 1.165) is 10.8 Å². The highest BCUT2D eigenvalue weighted by Gasteiger charge is 2.19. The van der Waals surface area contributed by atoms with Gasteiger partial charge in [0.2, 0.25) is 0 Å². The van der Waals surface area contributed by atoms with Crippen molar-refractivity contribution in [3.63, 3.8) is 0 Å². The van der Waals surface area contributed by atoms with E-state index in [0.29, 0.717) is 0 Å². The second kappa shape index (κ2) is 6.47. The Morgan fingerprint density at radius 1 is 1.11 bits per heavy atom.